The van der Waals surface area contributed by atoms with Crippen molar-refractivity contribution in [1.82, 2.24) is 0 Å². The Balaban J connectivity index is 2.13. The van der Waals surface area contributed by atoms with Crippen molar-refractivity contribution in [1.29, 1.82) is 0 Å². The Morgan fingerprint density at radius 2 is 1.24 bits per heavy atom. The normalized spacial score (nSPS) is 10.1. The maximum absolute atomic E-state index is 4.85. The Labute approximate surface area is 133 Å². The number of benzene rings is 3. The van der Waals surface area contributed by atoms with Gasteiger partial charge in [0.15, 0.2) is 0 Å². The van der Waals surface area contributed by atoms with Crippen LogP contribution in [0.3, 0.4) is 0 Å². The highest BCUT2D eigenvalue weighted by molar-refractivity contribution is 9.10. The van der Waals surface area contributed by atoms with Crippen LogP contribution in [-0.2, 0) is 0 Å². The van der Waals surface area contributed by atoms with E-state index in [2.05, 4.69) is 40.2 Å². The van der Waals surface area contributed by atoms with E-state index in [9.17, 15) is 0 Å². The van der Waals surface area contributed by atoms with Crippen molar-refractivity contribution in [3.8, 4) is 0 Å². The zero-order valence-electron chi connectivity index (χ0n) is 11.4. The fourth-order valence-corrected chi connectivity index (χ4v) is 2.55. The Bertz CT molecular complexity index is 707. The molecule has 0 radical (unpaired) electrons. The van der Waals surface area contributed by atoms with Crippen molar-refractivity contribution in [3.63, 3.8) is 0 Å². The fourth-order valence-electron chi connectivity index (χ4n) is 2.16. The summed E-state index contributed by atoms with van der Waals surface area (Å²) in [5.41, 5.74) is 4.15. The van der Waals surface area contributed by atoms with Crippen LogP contribution in [-0.4, -0.2) is 5.71 Å². The van der Waals surface area contributed by atoms with Crippen molar-refractivity contribution < 1.29 is 0 Å². The Hall–Kier alpha value is -2.19. The molecule has 0 amide bonds. The van der Waals surface area contributed by atoms with Gasteiger partial charge in [-0.1, -0.05) is 82.7 Å². The van der Waals surface area contributed by atoms with Gasteiger partial charge >= 0.3 is 0 Å². The van der Waals surface area contributed by atoms with E-state index >= 15 is 0 Å². The number of rotatable bonds is 3. The number of hydrogen-bond acceptors (Lipinski definition) is 1. The van der Waals surface area contributed by atoms with Gasteiger partial charge in [0.25, 0.3) is 0 Å². The van der Waals surface area contributed by atoms with Crippen LogP contribution in [0.2, 0.25) is 0 Å². The monoisotopic (exact) mass is 335 g/mol. The van der Waals surface area contributed by atoms with E-state index in [1.165, 1.54) is 0 Å². The molecule has 0 saturated carbocycles. The van der Waals surface area contributed by atoms with E-state index in [4.69, 9.17) is 4.99 Å². The van der Waals surface area contributed by atoms with Crippen molar-refractivity contribution in [2.45, 2.75) is 0 Å². The van der Waals surface area contributed by atoms with E-state index in [1.807, 2.05) is 60.7 Å². The molecule has 0 saturated heterocycles. The van der Waals surface area contributed by atoms with E-state index in [0.29, 0.717) is 0 Å². The molecule has 0 N–H and O–H groups in total. The van der Waals surface area contributed by atoms with Gasteiger partial charge in [-0.25, -0.2) is 4.99 Å². The quantitative estimate of drug-likeness (QED) is 0.551. The van der Waals surface area contributed by atoms with Crippen molar-refractivity contribution in [2.75, 3.05) is 0 Å². The van der Waals surface area contributed by atoms with Crippen LogP contribution in [0.25, 0.3) is 0 Å². The molecule has 3 aromatic rings. The standard InChI is InChI=1S/C19H14BrN/c20-17-12-7-13-18(14-17)21-19(15-8-3-1-4-9-15)16-10-5-2-6-11-16/h1-14H. The third-order valence-corrected chi connectivity index (χ3v) is 3.64. The molecular weight excluding hydrogens is 322 g/mol. The fraction of sp³-hybridized carbons (Fsp3) is 0. The molecule has 0 aliphatic carbocycles. The first kappa shape index (κ1) is 13.8. The minimum Gasteiger partial charge on any atom is -0.248 e. The average Bonchev–Trinajstić information content (AvgIpc) is 2.54. The smallest absolute Gasteiger partial charge is 0.0781 e. The van der Waals surface area contributed by atoms with Gasteiger partial charge in [0, 0.05) is 15.6 Å². The van der Waals surface area contributed by atoms with E-state index in [-0.39, 0.29) is 0 Å². The van der Waals surface area contributed by atoms with Crippen LogP contribution in [0.15, 0.2) is 94.4 Å². The molecule has 0 spiro atoms. The van der Waals surface area contributed by atoms with E-state index in [0.717, 1.165) is 27.0 Å². The van der Waals surface area contributed by atoms with E-state index in [1.54, 1.807) is 0 Å². The summed E-state index contributed by atoms with van der Waals surface area (Å²) in [6, 6.07) is 28.6. The van der Waals surface area contributed by atoms with Gasteiger partial charge in [0.1, 0.15) is 0 Å². The predicted molar refractivity (Wildman–Crippen MR) is 92.3 cm³/mol. The number of aliphatic imine (C=N–C) groups is 1. The summed E-state index contributed by atoms with van der Waals surface area (Å²) >= 11 is 3.50. The van der Waals surface area contributed by atoms with Crippen LogP contribution in [0.1, 0.15) is 11.1 Å². The zero-order chi connectivity index (χ0) is 14.5. The maximum atomic E-state index is 4.85. The summed E-state index contributed by atoms with van der Waals surface area (Å²) in [4.78, 5) is 4.85. The number of halogens is 1. The summed E-state index contributed by atoms with van der Waals surface area (Å²) < 4.78 is 1.03. The lowest BCUT2D eigenvalue weighted by Crippen LogP contribution is -2.02. The van der Waals surface area contributed by atoms with Gasteiger partial charge in [0.05, 0.1) is 11.4 Å². The van der Waals surface area contributed by atoms with Crippen LogP contribution in [0.4, 0.5) is 5.69 Å². The lowest BCUT2D eigenvalue weighted by molar-refractivity contribution is 1.46. The van der Waals surface area contributed by atoms with Gasteiger partial charge in [0.2, 0.25) is 0 Å². The molecular formula is C19H14BrN. The average molecular weight is 336 g/mol. The minimum atomic E-state index is 0.937. The summed E-state index contributed by atoms with van der Waals surface area (Å²) in [7, 11) is 0. The van der Waals surface area contributed by atoms with Gasteiger partial charge in [-0.2, -0.15) is 0 Å². The molecule has 0 aromatic heterocycles. The van der Waals surface area contributed by atoms with Crippen LogP contribution >= 0.6 is 15.9 Å². The second-order valence-corrected chi connectivity index (χ2v) is 5.59. The van der Waals surface area contributed by atoms with Gasteiger partial charge < -0.3 is 0 Å². The lowest BCUT2D eigenvalue weighted by Gasteiger charge is -2.07. The Morgan fingerprint density at radius 3 is 1.76 bits per heavy atom. The molecule has 1 nitrogen and oxygen atoms in total. The van der Waals surface area contributed by atoms with Crippen molar-refractivity contribution in [2.24, 2.45) is 4.99 Å². The Kier molecular flexibility index (Phi) is 4.27. The highest BCUT2D eigenvalue weighted by atomic mass is 79.9. The first-order chi connectivity index (χ1) is 10.3. The minimum absolute atomic E-state index is 0.937. The molecule has 102 valence electrons. The largest absolute Gasteiger partial charge is 0.248 e. The van der Waals surface area contributed by atoms with Gasteiger partial charge in [-0.3, -0.25) is 0 Å². The second-order valence-electron chi connectivity index (χ2n) is 4.67. The molecule has 0 heterocycles. The summed E-state index contributed by atoms with van der Waals surface area (Å²) in [6.07, 6.45) is 0. The molecule has 3 rings (SSSR count). The predicted octanol–water partition coefficient (Wildman–Crippen LogP) is 5.62. The SMILES string of the molecule is Brc1cccc(N=C(c2ccccc2)c2ccccc2)c1. The number of hydrogen-bond donors (Lipinski definition) is 0. The topological polar surface area (TPSA) is 12.4 Å². The first-order valence-corrected chi connectivity index (χ1v) is 7.57. The molecule has 0 unspecified atom stereocenters. The summed E-state index contributed by atoms with van der Waals surface area (Å²) in [6.45, 7) is 0. The van der Waals surface area contributed by atoms with Crippen molar-refractivity contribution >= 4 is 27.3 Å². The van der Waals surface area contributed by atoms with Crippen LogP contribution in [0, 0.1) is 0 Å². The third-order valence-electron chi connectivity index (χ3n) is 3.14. The van der Waals surface area contributed by atoms with Crippen LogP contribution < -0.4 is 0 Å². The second kappa shape index (κ2) is 6.51. The summed E-state index contributed by atoms with van der Waals surface area (Å²) in [5, 5.41) is 0. The number of nitrogens with zero attached hydrogens (tertiary/aromatic N) is 1. The van der Waals surface area contributed by atoms with Crippen LogP contribution in [0.5, 0.6) is 0 Å². The maximum Gasteiger partial charge on any atom is 0.0781 e. The molecule has 0 bridgehead atoms. The molecule has 0 atom stereocenters. The summed E-state index contributed by atoms with van der Waals surface area (Å²) in [5.74, 6) is 0. The lowest BCUT2D eigenvalue weighted by atomic mass is 10.0. The Morgan fingerprint density at radius 1 is 0.667 bits per heavy atom. The molecule has 0 aliphatic heterocycles. The van der Waals surface area contributed by atoms with Crippen molar-refractivity contribution in [3.05, 3.63) is 101 Å². The molecule has 3 aromatic carbocycles. The molecule has 21 heavy (non-hydrogen) atoms. The molecule has 0 aliphatic rings. The molecule has 2 heteroatoms. The zero-order valence-corrected chi connectivity index (χ0v) is 13.0. The van der Waals surface area contributed by atoms with Gasteiger partial charge in [-0.15, -0.1) is 0 Å². The molecule has 0 fully saturated rings. The van der Waals surface area contributed by atoms with E-state index < -0.39 is 0 Å². The van der Waals surface area contributed by atoms with Gasteiger partial charge in [-0.05, 0) is 18.2 Å². The highest BCUT2D eigenvalue weighted by Gasteiger charge is 2.06. The third kappa shape index (κ3) is 3.47. The highest BCUT2D eigenvalue weighted by Crippen LogP contribution is 2.21. The first-order valence-electron chi connectivity index (χ1n) is 6.78.